The molecule has 0 saturated heterocycles. The largest absolute Gasteiger partial charge is 0.416 e. The minimum atomic E-state index is -4.55. The van der Waals surface area contributed by atoms with E-state index in [1.165, 1.54) is 18.2 Å². The number of nitrogens with zero attached hydrogens (tertiary/aromatic N) is 2. The fourth-order valence-electron chi connectivity index (χ4n) is 3.15. The van der Waals surface area contributed by atoms with Gasteiger partial charge in [0.2, 0.25) is 0 Å². The molecule has 0 spiro atoms. The van der Waals surface area contributed by atoms with Crippen LogP contribution in [0.15, 0.2) is 76.8 Å². The number of fused-ring (bicyclic) bond motifs is 1. The predicted molar refractivity (Wildman–Crippen MR) is 118 cm³/mol. The lowest BCUT2D eigenvalue weighted by Gasteiger charge is -2.09. The van der Waals surface area contributed by atoms with Crippen LogP contribution in [0.2, 0.25) is 5.02 Å². The van der Waals surface area contributed by atoms with Crippen LogP contribution in [0.5, 0.6) is 0 Å². The molecule has 5 nitrogen and oxygen atoms in total. The minimum absolute atomic E-state index is 0.0736. The van der Waals surface area contributed by atoms with Crippen molar-refractivity contribution in [1.29, 1.82) is 5.26 Å². The molecule has 0 unspecified atom stereocenters. The topological polar surface area (TPSA) is 78.9 Å². The highest BCUT2D eigenvalue weighted by molar-refractivity contribution is 6.30. The summed E-state index contributed by atoms with van der Waals surface area (Å²) in [5.74, 6) is -0.344. The molecule has 1 aromatic heterocycles. The van der Waals surface area contributed by atoms with Crippen LogP contribution in [0, 0.1) is 11.3 Å². The van der Waals surface area contributed by atoms with Crippen molar-refractivity contribution in [2.45, 2.75) is 6.18 Å². The van der Waals surface area contributed by atoms with Crippen molar-refractivity contribution in [2.75, 3.05) is 5.32 Å². The number of rotatable bonds is 4. The molecular weight excluding hydrogens is 455 g/mol. The average molecular weight is 468 g/mol. The van der Waals surface area contributed by atoms with E-state index in [0.717, 1.165) is 17.7 Å². The van der Waals surface area contributed by atoms with Crippen LogP contribution in [-0.4, -0.2) is 11.1 Å². The molecule has 1 amide bonds. The Bertz CT molecular complexity index is 1420. The molecule has 4 rings (SSSR count). The van der Waals surface area contributed by atoms with E-state index in [4.69, 9.17) is 16.1 Å². The highest BCUT2D eigenvalue weighted by atomic mass is 35.5. The maximum atomic E-state index is 12.9. The Balaban J connectivity index is 1.63. The first-order chi connectivity index (χ1) is 15.7. The molecule has 0 atom stereocenters. The van der Waals surface area contributed by atoms with E-state index >= 15 is 0 Å². The second-order valence-corrected chi connectivity index (χ2v) is 7.43. The number of benzene rings is 3. The Morgan fingerprint density at radius 3 is 2.55 bits per heavy atom. The molecule has 0 saturated carbocycles. The van der Waals surface area contributed by atoms with Crippen LogP contribution in [-0.2, 0) is 11.0 Å². The Hall–Kier alpha value is -4.09. The lowest BCUT2D eigenvalue weighted by molar-refractivity contribution is -0.137. The number of anilines is 1. The molecule has 0 fully saturated rings. The molecule has 9 heteroatoms. The Labute approximate surface area is 190 Å². The van der Waals surface area contributed by atoms with E-state index in [2.05, 4.69) is 10.5 Å². The van der Waals surface area contributed by atoms with Crippen molar-refractivity contribution in [3.05, 3.63) is 88.5 Å². The monoisotopic (exact) mass is 467 g/mol. The molecule has 164 valence electrons. The summed E-state index contributed by atoms with van der Waals surface area (Å²) >= 11 is 5.93. The Kier molecular flexibility index (Phi) is 5.90. The maximum Gasteiger partial charge on any atom is 0.416 e. The molecule has 33 heavy (non-hydrogen) atoms. The minimum Gasteiger partial charge on any atom is -0.355 e. The maximum absolute atomic E-state index is 12.9. The summed E-state index contributed by atoms with van der Waals surface area (Å²) in [5, 5.41) is 17.0. The van der Waals surface area contributed by atoms with Crippen molar-refractivity contribution < 1.29 is 22.5 Å². The average Bonchev–Trinajstić information content (AvgIpc) is 3.21. The summed E-state index contributed by atoms with van der Waals surface area (Å²) in [6.07, 6.45) is -3.22. The van der Waals surface area contributed by atoms with Crippen molar-refractivity contribution in [3.63, 3.8) is 0 Å². The number of nitriles is 1. The summed E-state index contributed by atoms with van der Waals surface area (Å²) in [4.78, 5) is 12.5. The zero-order chi connectivity index (χ0) is 23.6. The van der Waals surface area contributed by atoms with Gasteiger partial charge in [-0.05, 0) is 66.2 Å². The quantitative estimate of drug-likeness (QED) is 0.267. The molecule has 1 N–H and O–H groups in total. The first-order valence-corrected chi connectivity index (χ1v) is 9.88. The van der Waals surface area contributed by atoms with E-state index in [-0.39, 0.29) is 11.3 Å². The van der Waals surface area contributed by atoms with Crippen LogP contribution in [0.4, 0.5) is 18.9 Å². The third-order valence-corrected chi connectivity index (χ3v) is 4.98. The van der Waals surface area contributed by atoms with E-state index in [1.807, 2.05) is 0 Å². The molecule has 0 bridgehead atoms. The zero-order valence-corrected chi connectivity index (χ0v) is 17.4. The molecule has 4 aromatic rings. The van der Waals surface area contributed by atoms with Gasteiger partial charge in [-0.1, -0.05) is 28.9 Å². The summed E-state index contributed by atoms with van der Waals surface area (Å²) in [7, 11) is 0. The van der Waals surface area contributed by atoms with Crippen molar-refractivity contribution in [1.82, 2.24) is 5.16 Å². The number of nitrogens with one attached hydrogen (secondary N) is 1. The van der Waals surface area contributed by atoms with Crippen LogP contribution in [0.25, 0.3) is 28.3 Å². The molecule has 0 radical (unpaired) electrons. The number of amides is 1. The van der Waals surface area contributed by atoms with Crippen LogP contribution >= 0.6 is 11.6 Å². The van der Waals surface area contributed by atoms with Gasteiger partial charge in [-0.2, -0.15) is 18.4 Å². The van der Waals surface area contributed by atoms with Crippen LogP contribution in [0.1, 0.15) is 11.1 Å². The molecule has 0 aliphatic rings. The second kappa shape index (κ2) is 8.81. The Morgan fingerprint density at radius 1 is 1.09 bits per heavy atom. The third kappa shape index (κ3) is 4.89. The number of halogens is 4. The number of hydrogen-bond donors (Lipinski definition) is 1. The number of carbonyl (C=O) groups excluding carboxylic acids is 1. The lowest BCUT2D eigenvalue weighted by atomic mass is 10.0. The van der Waals surface area contributed by atoms with Gasteiger partial charge in [0, 0.05) is 16.3 Å². The van der Waals surface area contributed by atoms with Crippen molar-refractivity contribution in [2.24, 2.45) is 0 Å². The van der Waals surface area contributed by atoms with Gasteiger partial charge in [-0.15, -0.1) is 0 Å². The lowest BCUT2D eigenvalue weighted by Crippen LogP contribution is -2.14. The highest BCUT2D eigenvalue weighted by Gasteiger charge is 2.30. The van der Waals surface area contributed by atoms with Gasteiger partial charge in [-0.25, -0.2) is 0 Å². The standard InChI is InChI=1S/C24H13ClF3N3O2/c25-18-7-5-15(6-8-18)22-20-11-14(4-9-21(20)31-33-22)10-16(13-29)23(32)30-19-3-1-2-17(12-19)24(26,27)28/h1-12H,(H,30,32)/b16-10+. The number of aromatic nitrogens is 1. The summed E-state index contributed by atoms with van der Waals surface area (Å²) in [6.45, 7) is 0. The number of alkyl halides is 3. The van der Waals surface area contributed by atoms with Gasteiger partial charge < -0.3 is 9.84 Å². The van der Waals surface area contributed by atoms with Gasteiger partial charge in [0.05, 0.1) is 10.9 Å². The predicted octanol–water partition coefficient (Wildman–Crippen LogP) is 6.71. The van der Waals surface area contributed by atoms with Crippen molar-refractivity contribution >= 4 is 40.2 Å². The molecule has 1 heterocycles. The SMILES string of the molecule is N#C/C(=C\c1ccc2noc(-c3ccc(Cl)cc3)c2c1)C(=O)Nc1cccc(C(F)(F)F)c1. The smallest absolute Gasteiger partial charge is 0.355 e. The fraction of sp³-hybridized carbons (Fsp3) is 0.0417. The molecule has 0 aliphatic heterocycles. The highest BCUT2D eigenvalue weighted by Crippen LogP contribution is 2.32. The van der Waals surface area contributed by atoms with E-state index in [9.17, 15) is 23.2 Å². The second-order valence-electron chi connectivity index (χ2n) is 7.00. The van der Waals surface area contributed by atoms with E-state index in [1.54, 1.807) is 48.5 Å². The van der Waals surface area contributed by atoms with Gasteiger partial charge in [0.25, 0.3) is 5.91 Å². The first kappa shape index (κ1) is 22.1. The van der Waals surface area contributed by atoms with E-state index in [0.29, 0.717) is 27.2 Å². The molecular formula is C24H13ClF3N3O2. The first-order valence-electron chi connectivity index (χ1n) is 9.50. The fourth-order valence-corrected chi connectivity index (χ4v) is 3.27. The molecule has 3 aromatic carbocycles. The van der Waals surface area contributed by atoms with Crippen molar-refractivity contribution in [3.8, 4) is 17.4 Å². The van der Waals surface area contributed by atoms with Gasteiger partial charge >= 0.3 is 6.18 Å². The summed E-state index contributed by atoms with van der Waals surface area (Å²) < 4.78 is 44.1. The van der Waals surface area contributed by atoms with Crippen LogP contribution < -0.4 is 5.32 Å². The number of carbonyl (C=O) groups is 1. The van der Waals surface area contributed by atoms with Gasteiger partial charge in [0.15, 0.2) is 5.76 Å². The van der Waals surface area contributed by atoms with Crippen LogP contribution in [0.3, 0.4) is 0 Å². The third-order valence-electron chi connectivity index (χ3n) is 4.73. The summed E-state index contributed by atoms with van der Waals surface area (Å²) in [5.41, 5.74) is 0.564. The van der Waals surface area contributed by atoms with E-state index < -0.39 is 17.6 Å². The Morgan fingerprint density at radius 2 is 1.85 bits per heavy atom. The van der Waals surface area contributed by atoms with Gasteiger partial charge in [-0.3, -0.25) is 4.79 Å². The summed E-state index contributed by atoms with van der Waals surface area (Å²) in [6, 6.07) is 17.9. The molecule has 0 aliphatic carbocycles. The zero-order valence-electron chi connectivity index (χ0n) is 16.7. The van der Waals surface area contributed by atoms with Gasteiger partial charge in [0.1, 0.15) is 17.2 Å². The number of hydrogen-bond acceptors (Lipinski definition) is 4. The normalized spacial score (nSPS) is 11.9.